The Morgan fingerprint density at radius 1 is 1.38 bits per heavy atom. The molecule has 5 nitrogen and oxygen atoms in total. The van der Waals surface area contributed by atoms with Crippen molar-refractivity contribution in [3.63, 3.8) is 0 Å². The van der Waals surface area contributed by atoms with E-state index in [-0.39, 0.29) is 12.4 Å². The van der Waals surface area contributed by atoms with Crippen LogP contribution in [0.1, 0.15) is 19.8 Å². The number of esters is 1. The number of aliphatic carboxylic acids is 1. The maximum absolute atomic E-state index is 10.3. The van der Waals surface area contributed by atoms with E-state index in [9.17, 15) is 9.59 Å². The molecule has 0 aromatic carbocycles. The molecule has 0 aliphatic rings. The summed E-state index contributed by atoms with van der Waals surface area (Å²) in [5, 5.41) is 11.2. The molecule has 0 heterocycles. The second-order valence-electron chi connectivity index (χ2n) is 2.59. The molecular weight excluding hydrogens is 174 g/mol. The molecular formula is C8H15NO4. The minimum absolute atomic E-state index is 0.167. The highest BCUT2D eigenvalue weighted by atomic mass is 16.5. The zero-order valence-corrected chi connectivity index (χ0v) is 7.71. The molecule has 0 aliphatic carbocycles. The summed E-state index contributed by atoms with van der Waals surface area (Å²) in [6.45, 7) is 2.89. The summed E-state index contributed by atoms with van der Waals surface area (Å²) in [5.74, 6) is -1.09. The highest BCUT2D eigenvalue weighted by molar-refractivity contribution is 5.66. The van der Waals surface area contributed by atoms with Gasteiger partial charge in [-0.3, -0.25) is 9.59 Å². The lowest BCUT2D eigenvalue weighted by atomic mass is 10.3. The van der Waals surface area contributed by atoms with Gasteiger partial charge in [0, 0.05) is 19.9 Å². The van der Waals surface area contributed by atoms with E-state index < -0.39 is 5.97 Å². The summed E-state index contributed by atoms with van der Waals surface area (Å²) in [5.41, 5.74) is 0. The first kappa shape index (κ1) is 11.9. The van der Waals surface area contributed by atoms with E-state index in [1.807, 2.05) is 0 Å². The van der Waals surface area contributed by atoms with Crippen LogP contribution < -0.4 is 5.32 Å². The Labute approximate surface area is 77.1 Å². The van der Waals surface area contributed by atoms with Crippen LogP contribution in [0.5, 0.6) is 0 Å². The van der Waals surface area contributed by atoms with Crippen molar-refractivity contribution < 1.29 is 19.4 Å². The molecule has 13 heavy (non-hydrogen) atoms. The molecule has 0 amide bonds. The zero-order chi connectivity index (χ0) is 10.1. The second-order valence-corrected chi connectivity index (χ2v) is 2.59. The molecule has 0 rings (SSSR count). The number of carbonyl (C=O) groups is 2. The average molecular weight is 189 g/mol. The summed E-state index contributed by atoms with van der Waals surface area (Å²) in [6.07, 6.45) is 0.760. The van der Waals surface area contributed by atoms with Gasteiger partial charge in [0.05, 0.1) is 0 Å². The number of rotatable bonds is 7. The Kier molecular flexibility index (Phi) is 6.91. The summed E-state index contributed by atoms with van der Waals surface area (Å²) >= 11 is 0. The van der Waals surface area contributed by atoms with Gasteiger partial charge in [0.15, 0.2) is 0 Å². The zero-order valence-electron chi connectivity index (χ0n) is 7.71. The van der Waals surface area contributed by atoms with Gasteiger partial charge in [-0.15, -0.1) is 0 Å². The summed E-state index contributed by atoms with van der Waals surface area (Å²) in [6, 6.07) is 0. The molecule has 2 N–H and O–H groups in total. The van der Waals surface area contributed by atoms with E-state index in [2.05, 4.69) is 10.1 Å². The quantitative estimate of drug-likeness (QED) is 0.435. The van der Waals surface area contributed by atoms with Gasteiger partial charge in [-0.2, -0.15) is 0 Å². The van der Waals surface area contributed by atoms with Crippen LogP contribution in [0.4, 0.5) is 0 Å². The summed E-state index contributed by atoms with van der Waals surface area (Å²) in [7, 11) is 0. The Hall–Kier alpha value is -1.10. The van der Waals surface area contributed by atoms with Gasteiger partial charge in [-0.1, -0.05) is 0 Å². The molecule has 0 aromatic rings. The molecule has 5 heteroatoms. The monoisotopic (exact) mass is 189 g/mol. The molecule has 0 saturated heterocycles. The van der Waals surface area contributed by atoms with E-state index >= 15 is 0 Å². The molecule has 0 aliphatic heterocycles. The SMILES string of the molecule is CC(=O)OCCNCCCC(=O)O. The van der Waals surface area contributed by atoms with Crippen LogP contribution in [0.15, 0.2) is 0 Å². The van der Waals surface area contributed by atoms with Gasteiger partial charge in [0.2, 0.25) is 0 Å². The van der Waals surface area contributed by atoms with Crippen LogP contribution in [0, 0.1) is 0 Å². The van der Waals surface area contributed by atoms with Gasteiger partial charge in [0.1, 0.15) is 6.61 Å². The van der Waals surface area contributed by atoms with E-state index in [1.165, 1.54) is 6.92 Å². The smallest absolute Gasteiger partial charge is 0.303 e. The van der Waals surface area contributed by atoms with Crippen LogP contribution in [0.3, 0.4) is 0 Å². The van der Waals surface area contributed by atoms with Gasteiger partial charge < -0.3 is 15.2 Å². The minimum atomic E-state index is -0.790. The molecule has 76 valence electrons. The normalized spacial score (nSPS) is 9.62. The number of hydrogen-bond acceptors (Lipinski definition) is 4. The van der Waals surface area contributed by atoms with Crippen molar-refractivity contribution in [2.24, 2.45) is 0 Å². The molecule has 0 aromatic heterocycles. The van der Waals surface area contributed by atoms with E-state index in [4.69, 9.17) is 5.11 Å². The average Bonchev–Trinajstić information content (AvgIpc) is 2.01. The predicted octanol–water partition coefficient (Wildman–Crippen LogP) is 0.00390. The third-order valence-electron chi connectivity index (χ3n) is 1.33. The van der Waals surface area contributed by atoms with Crippen molar-refractivity contribution in [2.45, 2.75) is 19.8 Å². The second kappa shape index (κ2) is 7.54. The number of hydrogen-bond donors (Lipinski definition) is 2. The first-order valence-corrected chi connectivity index (χ1v) is 4.19. The molecule has 0 atom stereocenters. The highest BCUT2D eigenvalue weighted by Gasteiger charge is 1.95. The standard InChI is InChI=1S/C8H15NO4/c1-7(10)13-6-5-9-4-2-3-8(11)12/h9H,2-6H2,1H3,(H,11,12). The van der Waals surface area contributed by atoms with E-state index in [0.717, 1.165) is 0 Å². The molecule has 0 radical (unpaired) electrons. The maximum Gasteiger partial charge on any atom is 0.303 e. The van der Waals surface area contributed by atoms with E-state index in [0.29, 0.717) is 26.1 Å². The molecule has 0 saturated carbocycles. The maximum atomic E-state index is 10.3. The van der Waals surface area contributed by atoms with Crippen LogP contribution in [0.25, 0.3) is 0 Å². The molecule has 0 bridgehead atoms. The Morgan fingerprint density at radius 2 is 2.08 bits per heavy atom. The van der Waals surface area contributed by atoms with Crippen molar-refractivity contribution >= 4 is 11.9 Å². The van der Waals surface area contributed by atoms with E-state index in [1.54, 1.807) is 0 Å². The number of carboxylic acids is 1. The number of nitrogens with one attached hydrogen (secondary N) is 1. The Bertz CT molecular complexity index is 152. The number of carbonyl (C=O) groups excluding carboxylic acids is 1. The van der Waals surface area contributed by atoms with Crippen LogP contribution >= 0.6 is 0 Å². The predicted molar refractivity (Wildman–Crippen MR) is 46.4 cm³/mol. The van der Waals surface area contributed by atoms with Crippen molar-refractivity contribution in [1.82, 2.24) is 5.32 Å². The lowest BCUT2D eigenvalue weighted by Crippen LogP contribution is -2.22. The Morgan fingerprint density at radius 3 is 2.62 bits per heavy atom. The fraction of sp³-hybridized carbons (Fsp3) is 0.750. The fourth-order valence-corrected chi connectivity index (χ4v) is 0.757. The summed E-state index contributed by atoms with van der Waals surface area (Å²) < 4.78 is 4.65. The van der Waals surface area contributed by atoms with Gasteiger partial charge in [-0.05, 0) is 13.0 Å². The third kappa shape index (κ3) is 10.9. The number of carboxylic acid groups (broad SMARTS) is 1. The van der Waals surface area contributed by atoms with Crippen LogP contribution in [-0.2, 0) is 14.3 Å². The highest BCUT2D eigenvalue weighted by Crippen LogP contribution is 1.85. The van der Waals surface area contributed by atoms with Gasteiger partial charge in [-0.25, -0.2) is 0 Å². The van der Waals surface area contributed by atoms with Crippen molar-refractivity contribution in [1.29, 1.82) is 0 Å². The topological polar surface area (TPSA) is 75.6 Å². The summed E-state index contributed by atoms with van der Waals surface area (Å²) in [4.78, 5) is 20.4. The van der Waals surface area contributed by atoms with Gasteiger partial charge in [0.25, 0.3) is 0 Å². The molecule has 0 unspecified atom stereocenters. The third-order valence-corrected chi connectivity index (χ3v) is 1.33. The molecule has 0 spiro atoms. The van der Waals surface area contributed by atoms with Crippen molar-refractivity contribution in [2.75, 3.05) is 19.7 Å². The first-order chi connectivity index (χ1) is 6.13. The van der Waals surface area contributed by atoms with Gasteiger partial charge >= 0.3 is 11.9 Å². The van der Waals surface area contributed by atoms with Crippen LogP contribution in [0.2, 0.25) is 0 Å². The minimum Gasteiger partial charge on any atom is -0.481 e. The first-order valence-electron chi connectivity index (χ1n) is 4.19. The van der Waals surface area contributed by atoms with Crippen molar-refractivity contribution in [3.05, 3.63) is 0 Å². The largest absolute Gasteiger partial charge is 0.481 e. The molecule has 0 fully saturated rings. The van der Waals surface area contributed by atoms with Crippen molar-refractivity contribution in [3.8, 4) is 0 Å². The lowest BCUT2D eigenvalue weighted by Gasteiger charge is -2.03. The lowest BCUT2D eigenvalue weighted by molar-refractivity contribution is -0.140. The number of ether oxygens (including phenoxy) is 1. The fourth-order valence-electron chi connectivity index (χ4n) is 0.757. The Balaban J connectivity index is 3.00. The van der Waals surface area contributed by atoms with Crippen LogP contribution in [-0.4, -0.2) is 36.7 Å².